The fraction of sp³-hybridized carbons (Fsp3) is 0.120. The standard InChI is InChI=1S/C13H11Cl.C12H8ClF3O3S/c1-3-11-9(2)8-10-6-4-5-7-12(10)13(11)14;1-7-6-8-4-2-3-5-9(8)10(13)11(7)19-20(17,18)12(14,15)16/h3-8H,1H2,2H3;2-6H,1H3. The second kappa shape index (κ2) is 9.86. The summed E-state index contributed by atoms with van der Waals surface area (Å²) >= 11 is 12.2. The quantitative estimate of drug-likeness (QED) is 0.198. The van der Waals surface area contributed by atoms with Crippen LogP contribution in [0.1, 0.15) is 16.7 Å². The molecule has 0 saturated heterocycles. The Morgan fingerprint density at radius 1 is 0.853 bits per heavy atom. The Hall–Kier alpha value is -2.74. The first-order valence-electron chi connectivity index (χ1n) is 9.86. The van der Waals surface area contributed by atoms with Crippen LogP contribution in [0.25, 0.3) is 27.6 Å². The first-order chi connectivity index (χ1) is 15.9. The molecule has 178 valence electrons. The minimum Gasteiger partial charge on any atom is -0.374 e. The minimum absolute atomic E-state index is 0.173. The van der Waals surface area contributed by atoms with Crippen molar-refractivity contribution in [2.45, 2.75) is 19.4 Å². The largest absolute Gasteiger partial charge is 0.534 e. The summed E-state index contributed by atoms with van der Waals surface area (Å²) in [5.41, 5.74) is -3.11. The number of hydrogen-bond donors (Lipinski definition) is 0. The highest BCUT2D eigenvalue weighted by atomic mass is 35.5. The summed E-state index contributed by atoms with van der Waals surface area (Å²) < 4.78 is 63.3. The lowest BCUT2D eigenvalue weighted by atomic mass is 10.0. The third kappa shape index (κ3) is 5.17. The molecule has 4 aromatic rings. The highest BCUT2D eigenvalue weighted by Gasteiger charge is 2.49. The van der Waals surface area contributed by atoms with Gasteiger partial charge in [0, 0.05) is 10.8 Å². The second-order valence-electron chi connectivity index (χ2n) is 7.39. The predicted molar refractivity (Wildman–Crippen MR) is 133 cm³/mol. The third-order valence-corrected chi connectivity index (χ3v) is 6.77. The first-order valence-corrected chi connectivity index (χ1v) is 12.0. The van der Waals surface area contributed by atoms with Gasteiger partial charge in [0.15, 0.2) is 5.75 Å². The van der Waals surface area contributed by atoms with E-state index < -0.39 is 21.4 Å². The molecule has 0 saturated carbocycles. The van der Waals surface area contributed by atoms with Gasteiger partial charge in [0.2, 0.25) is 0 Å². The molecule has 0 amide bonds. The zero-order valence-electron chi connectivity index (χ0n) is 18.1. The molecule has 0 atom stereocenters. The van der Waals surface area contributed by atoms with Gasteiger partial charge in [-0.05, 0) is 47.4 Å². The molecule has 0 radical (unpaired) electrons. The summed E-state index contributed by atoms with van der Waals surface area (Å²) in [5, 5.41) is 3.98. The molecule has 0 fully saturated rings. The van der Waals surface area contributed by atoms with Crippen molar-refractivity contribution in [3.8, 4) is 5.75 Å². The number of alkyl halides is 3. The van der Waals surface area contributed by atoms with Crippen LogP contribution in [0.3, 0.4) is 0 Å². The van der Waals surface area contributed by atoms with Gasteiger partial charge in [-0.3, -0.25) is 0 Å². The molecule has 3 nitrogen and oxygen atoms in total. The Bertz CT molecular complexity index is 1500. The summed E-state index contributed by atoms with van der Waals surface area (Å²) in [7, 11) is -5.75. The highest BCUT2D eigenvalue weighted by molar-refractivity contribution is 7.88. The third-order valence-electron chi connectivity index (χ3n) is 5.04. The molecule has 0 N–H and O–H groups in total. The molecule has 0 unspecified atom stereocenters. The summed E-state index contributed by atoms with van der Waals surface area (Å²) in [6, 6.07) is 18.4. The molecule has 9 heteroatoms. The van der Waals surface area contributed by atoms with Gasteiger partial charge in [-0.2, -0.15) is 21.6 Å². The maximum absolute atomic E-state index is 12.3. The number of rotatable bonds is 3. The van der Waals surface area contributed by atoms with Crippen molar-refractivity contribution in [3.63, 3.8) is 0 Å². The van der Waals surface area contributed by atoms with E-state index in [0.29, 0.717) is 10.8 Å². The van der Waals surface area contributed by atoms with E-state index in [1.165, 1.54) is 23.9 Å². The summed E-state index contributed by atoms with van der Waals surface area (Å²) in [4.78, 5) is 0. The van der Waals surface area contributed by atoms with E-state index in [2.05, 4.69) is 29.8 Å². The number of fused-ring (bicyclic) bond motifs is 2. The topological polar surface area (TPSA) is 43.4 Å². The average Bonchev–Trinajstić information content (AvgIpc) is 2.77. The summed E-state index contributed by atoms with van der Waals surface area (Å²) in [6.45, 7) is 7.24. The molecular formula is C25H19Cl2F3O3S. The summed E-state index contributed by atoms with van der Waals surface area (Å²) in [6.07, 6.45) is 1.81. The van der Waals surface area contributed by atoms with Crippen molar-refractivity contribution in [1.82, 2.24) is 0 Å². The lowest BCUT2D eigenvalue weighted by Gasteiger charge is -2.14. The molecular weight excluding hydrogens is 508 g/mol. The van der Waals surface area contributed by atoms with E-state index >= 15 is 0 Å². The second-order valence-corrected chi connectivity index (χ2v) is 9.68. The van der Waals surface area contributed by atoms with E-state index in [4.69, 9.17) is 23.2 Å². The lowest BCUT2D eigenvalue weighted by molar-refractivity contribution is -0.0500. The van der Waals surface area contributed by atoms with Crippen LogP contribution in [0.4, 0.5) is 13.2 Å². The Morgan fingerprint density at radius 2 is 1.32 bits per heavy atom. The average molecular weight is 527 g/mol. The van der Waals surface area contributed by atoms with Crippen LogP contribution in [-0.4, -0.2) is 13.9 Å². The lowest BCUT2D eigenvalue weighted by Crippen LogP contribution is -2.28. The molecule has 4 aromatic carbocycles. The van der Waals surface area contributed by atoms with Crippen molar-refractivity contribution >= 4 is 60.9 Å². The normalized spacial score (nSPS) is 11.7. The maximum Gasteiger partial charge on any atom is 0.534 e. The van der Waals surface area contributed by atoms with Gasteiger partial charge in [0.25, 0.3) is 0 Å². The Morgan fingerprint density at radius 3 is 1.82 bits per heavy atom. The highest BCUT2D eigenvalue weighted by Crippen LogP contribution is 2.39. The van der Waals surface area contributed by atoms with Crippen molar-refractivity contribution in [2.75, 3.05) is 0 Å². The zero-order chi connectivity index (χ0) is 25.3. The fourth-order valence-electron chi connectivity index (χ4n) is 3.38. The molecule has 34 heavy (non-hydrogen) atoms. The van der Waals surface area contributed by atoms with Gasteiger partial charge in [-0.15, -0.1) is 0 Å². The number of hydrogen-bond acceptors (Lipinski definition) is 3. The van der Waals surface area contributed by atoms with Crippen LogP contribution in [-0.2, 0) is 10.1 Å². The molecule has 4 rings (SSSR count). The maximum atomic E-state index is 12.3. The Balaban J connectivity index is 0.000000202. The van der Waals surface area contributed by atoms with Crippen molar-refractivity contribution < 1.29 is 25.8 Å². The van der Waals surface area contributed by atoms with Crippen molar-refractivity contribution in [3.05, 3.63) is 94.0 Å². The smallest absolute Gasteiger partial charge is 0.374 e. The van der Waals surface area contributed by atoms with Crippen LogP contribution in [0, 0.1) is 13.8 Å². The van der Waals surface area contributed by atoms with Crippen molar-refractivity contribution in [2.24, 2.45) is 0 Å². The summed E-state index contributed by atoms with van der Waals surface area (Å²) in [5.74, 6) is -0.511. The van der Waals surface area contributed by atoms with Gasteiger partial charge in [0.1, 0.15) is 0 Å². The van der Waals surface area contributed by atoms with E-state index in [-0.39, 0.29) is 10.6 Å². The van der Waals surface area contributed by atoms with Crippen LogP contribution in [0.15, 0.2) is 67.2 Å². The SMILES string of the molecule is C=Cc1c(C)cc2ccccc2c1Cl.Cc1cc2ccccc2c(Cl)c1OS(=O)(=O)C(F)(F)F. The first kappa shape index (κ1) is 25.9. The molecule has 0 aliphatic carbocycles. The van der Waals surface area contributed by atoms with E-state index in [0.717, 1.165) is 16.0 Å². The predicted octanol–water partition coefficient (Wildman–Crippen LogP) is 8.47. The van der Waals surface area contributed by atoms with Gasteiger partial charge in [0.05, 0.1) is 10.0 Å². The molecule has 0 bridgehead atoms. The van der Waals surface area contributed by atoms with Crippen LogP contribution < -0.4 is 4.18 Å². The van der Waals surface area contributed by atoms with Crippen LogP contribution in [0.5, 0.6) is 5.75 Å². The Labute approximate surface area is 205 Å². The van der Waals surface area contributed by atoms with E-state index in [9.17, 15) is 21.6 Å². The molecule has 0 aliphatic rings. The van der Waals surface area contributed by atoms with Crippen LogP contribution >= 0.6 is 23.2 Å². The van der Waals surface area contributed by atoms with E-state index in [1.54, 1.807) is 24.3 Å². The van der Waals surface area contributed by atoms with Gasteiger partial charge in [-0.25, -0.2) is 0 Å². The monoisotopic (exact) mass is 526 g/mol. The van der Waals surface area contributed by atoms with Gasteiger partial charge < -0.3 is 4.18 Å². The number of aryl methyl sites for hydroxylation is 2. The molecule has 0 aliphatic heterocycles. The van der Waals surface area contributed by atoms with Crippen LogP contribution in [0.2, 0.25) is 10.0 Å². The number of halogens is 5. The van der Waals surface area contributed by atoms with Gasteiger partial charge in [-0.1, -0.05) is 90.5 Å². The zero-order valence-corrected chi connectivity index (χ0v) is 20.4. The van der Waals surface area contributed by atoms with Crippen molar-refractivity contribution in [1.29, 1.82) is 0 Å². The van der Waals surface area contributed by atoms with Gasteiger partial charge >= 0.3 is 15.6 Å². The molecule has 0 aromatic heterocycles. The Kier molecular flexibility index (Phi) is 7.50. The number of benzene rings is 4. The molecule has 0 spiro atoms. The fourth-order valence-corrected chi connectivity index (χ4v) is 4.71. The van der Waals surface area contributed by atoms with E-state index in [1.807, 2.05) is 24.3 Å². The molecule has 0 heterocycles. The minimum atomic E-state index is -5.75.